The first-order valence-electron chi connectivity index (χ1n) is 12.4. The van der Waals surface area contributed by atoms with E-state index in [1.54, 1.807) is 10.8 Å². The van der Waals surface area contributed by atoms with Crippen LogP contribution in [0.1, 0.15) is 60.4 Å². The van der Waals surface area contributed by atoms with Gasteiger partial charge in [-0.2, -0.15) is 6.07 Å². The van der Waals surface area contributed by atoms with Crippen LogP contribution in [0.25, 0.3) is 27.1 Å². The summed E-state index contributed by atoms with van der Waals surface area (Å²) in [5.41, 5.74) is 9.30. The molecule has 187 valence electrons. The summed E-state index contributed by atoms with van der Waals surface area (Å²) in [7, 11) is -1.10. The van der Waals surface area contributed by atoms with E-state index >= 15 is 0 Å². The molecule has 1 nitrogen and oxygen atoms in total. The minimum absolute atomic E-state index is 0. The summed E-state index contributed by atoms with van der Waals surface area (Å²) in [5, 5.41) is 4.31. The Bertz CT molecular complexity index is 1360. The average Bonchev–Trinajstić information content (AvgIpc) is 3.46. The number of hydrogen-bond donors (Lipinski definition) is 0. The molecule has 4 aromatic rings. The van der Waals surface area contributed by atoms with E-state index in [0.717, 1.165) is 11.3 Å². The van der Waals surface area contributed by atoms with Gasteiger partial charge in [-0.1, -0.05) is 74.8 Å². The molecule has 1 aliphatic carbocycles. The van der Waals surface area contributed by atoms with Crippen LogP contribution in [0.5, 0.6) is 0 Å². The van der Waals surface area contributed by atoms with E-state index in [1.807, 2.05) is 6.92 Å². The number of furan rings is 1. The van der Waals surface area contributed by atoms with E-state index in [4.69, 9.17) is 4.42 Å². The van der Waals surface area contributed by atoms with Gasteiger partial charge in [0, 0.05) is 11.1 Å². The average molecular weight is 614 g/mol. The van der Waals surface area contributed by atoms with Crippen LogP contribution in [0.4, 0.5) is 0 Å². The van der Waals surface area contributed by atoms with Crippen molar-refractivity contribution in [3.8, 4) is 11.1 Å². The maximum absolute atomic E-state index is 5.76. The maximum atomic E-state index is 5.76. The summed E-state index contributed by atoms with van der Waals surface area (Å²) >= 11 is 0. The van der Waals surface area contributed by atoms with Gasteiger partial charge < -0.3 is 29.2 Å². The van der Waals surface area contributed by atoms with Crippen molar-refractivity contribution in [2.75, 3.05) is 0 Å². The molecule has 5 heteroatoms. The van der Waals surface area contributed by atoms with Crippen molar-refractivity contribution >= 4 is 24.0 Å². The third kappa shape index (κ3) is 5.32. The van der Waals surface area contributed by atoms with E-state index in [2.05, 4.69) is 94.5 Å². The molecule has 0 spiro atoms. The van der Waals surface area contributed by atoms with Crippen LogP contribution in [0, 0.1) is 13.8 Å². The van der Waals surface area contributed by atoms with Crippen LogP contribution < -0.4 is 24.8 Å². The summed E-state index contributed by atoms with van der Waals surface area (Å²) in [6.45, 7) is 13.6. The van der Waals surface area contributed by atoms with E-state index in [-0.39, 0.29) is 51.0 Å². The summed E-state index contributed by atoms with van der Waals surface area (Å²) in [5.74, 6) is 2.31. The second kappa shape index (κ2) is 12.1. The van der Waals surface area contributed by atoms with Crippen molar-refractivity contribution in [1.29, 1.82) is 0 Å². The molecule has 2 aliphatic heterocycles. The molecule has 0 amide bonds. The first kappa shape index (κ1) is 31.0. The van der Waals surface area contributed by atoms with Crippen LogP contribution in [0.2, 0.25) is 13.1 Å². The zero-order valence-corrected chi connectivity index (χ0v) is 27.1. The number of allylic oxidation sites excluding steroid dienone is 1. The number of halogens is 2. The summed E-state index contributed by atoms with van der Waals surface area (Å²) in [6, 6.07) is 22.4. The zero-order valence-electron chi connectivity index (χ0n) is 22.1. The van der Waals surface area contributed by atoms with Crippen molar-refractivity contribution in [2.24, 2.45) is 0 Å². The quantitative estimate of drug-likeness (QED) is 0.255. The molecule has 36 heavy (non-hydrogen) atoms. The number of fused-ring (bicyclic) bond motifs is 1. The molecule has 0 N–H and O–H groups in total. The number of rotatable bonds is 4. The van der Waals surface area contributed by atoms with Gasteiger partial charge in [0.15, 0.2) is 0 Å². The number of hydrogen-bond acceptors (Lipinski definition) is 1. The van der Waals surface area contributed by atoms with Gasteiger partial charge in [-0.15, -0.1) is 34.5 Å². The minimum atomic E-state index is -1.10. The number of benzene rings is 2. The van der Waals surface area contributed by atoms with Crippen molar-refractivity contribution in [1.82, 2.24) is 0 Å². The molecule has 0 saturated carbocycles. The largest absolute Gasteiger partial charge is 3.00 e. The Morgan fingerprint density at radius 2 is 1.64 bits per heavy atom. The molecule has 1 radical (unpaired) electrons. The monoisotopic (exact) mass is 611 g/mol. The van der Waals surface area contributed by atoms with Gasteiger partial charge in [0.25, 0.3) is 0 Å². The number of aryl methyl sites for hydroxylation is 3. The van der Waals surface area contributed by atoms with E-state index in [1.165, 1.54) is 63.6 Å². The Morgan fingerprint density at radius 3 is 2.25 bits per heavy atom. The molecule has 2 bridgehead atoms. The summed E-state index contributed by atoms with van der Waals surface area (Å²) in [6.07, 6.45) is 3.72. The molecular weight excluding hydrogens is 579 g/mol. The fraction of sp³-hybridized carbons (Fsp3) is 0.323. The van der Waals surface area contributed by atoms with E-state index in [0.29, 0.717) is 0 Å². The molecule has 3 heterocycles. The standard InChI is InChI=1S/C20H21.C11H14OSi.2ClH.Zr/c1-3-4-6-16-9-11-17(12-10-16)19-8-5-7-18-13-15(2)14-20(18)19;1-6-5-8-9(12-6)11-7(2)10(8)13(11,3)4;;;/h5,7-14H,3-4,6H2,1-2H3;5,10H,1-4H3;2*1H;/q-1;;;;+3/p-2. The Morgan fingerprint density at radius 1 is 0.944 bits per heavy atom. The van der Waals surface area contributed by atoms with Gasteiger partial charge in [0.05, 0.1) is 8.07 Å². The third-order valence-corrected chi connectivity index (χ3v) is 11.7. The Balaban J connectivity index is 0.000000250. The number of unbranched alkanes of at least 4 members (excludes halogenated alkanes) is 1. The topological polar surface area (TPSA) is 13.1 Å². The van der Waals surface area contributed by atoms with Crippen LogP contribution in [-0.2, 0) is 32.6 Å². The van der Waals surface area contributed by atoms with Crippen molar-refractivity contribution in [3.05, 3.63) is 94.4 Å². The second-order valence-electron chi connectivity index (χ2n) is 10.5. The minimum Gasteiger partial charge on any atom is -1.00 e. The predicted octanol–water partition coefficient (Wildman–Crippen LogP) is 3.14. The second-order valence-corrected chi connectivity index (χ2v) is 15.0. The third-order valence-electron chi connectivity index (χ3n) is 7.59. The normalized spacial score (nSPS) is 16.1. The van der Waals surface area contributed by atoms with Gasteiger partial charge in [-0.25, -0.2) is 0 Å². The van der Waals surface area contributed by atoms with Gasteiger partial charge >= 0.3 is 26.2 Å². The van der Waals surface area contributed by atoms with Crippen LogP contribution in [-0.4, -0.2) is 8.07 Å². The zero-order chi connectivity index (χ0) is 23.3. The van der Waals surface area contributed by atoms with Gasteiger partial charge in [0.2, 0.25) is 0 Å². The van der Waals surface area contributed by atoms with Crippen molar-refractivity contribution in [2.45, 2.75) is 65.6 Å². The van der Waals surface area contributed by atoms with Crippen LogP contribution in [0.15, 0.2) is 70.7 Å². The summed E-state index contributed by atoms with van der Waals surface area (Å²) in [4.78, 5) is 0. The smallest absolute Gasteiger partial charge is 1.00 e. The van der Waals surface area contributed by atoms with Gasteiger partial charge in [0.1, 0.15) is 11.5 Å². The molecule has 1 aromatic heterocycles. The van der Waals surface area contributed by atoms with Crippen molar-refractivity contribution in [3.63, 3.8) is 0 Å². The Kier molecular flexibility index (Phi) is 10.4. The fourth-order valence-electron chi connectivity index (χ4n) is 6.17. The maximum Gasteiger partial charge on any atom is 3.00 e. The Labute approximate surface area is 249 Å². The van der Waals surface area contributed by atoms with E-state index in [9.17, 15) is 0 Å². The molecular formula is C31H35Cl2OSiZr. The molecule has 7 rings (SSSR count). The molecule has 0 saturated heterocycles. The molecule has 0 fully saturated rings. The van der Waals surface area contributed by atoms with Crippen LogP contribution >= 0.6 is 0 Å². The SMILES string of the molecule is CC1=C2c3oc(C)cc3C1[Si]2(C)C.CCCCc1ccc(-c2cccc3[cH-]c(C)cc23)cc1.[Cl-].[Cl-].[Zr+3]. The fourth-order valence-corrected chi connectivity index (χ4v) is 10.4. The molecule has 3 aromatic carbocycles. The molecule has 3 aliphatic rings. The van der Waals surface area contributed by atoms with Crippen LogP contribution in [0.3, 0.4) is 0 Å². The molecule has 1 atom stereocenters. The van der Waals surface area contributed by atoms with Crippen molar-refractivity contribution < 1.29 is 55.4 Å². The van der Waals surface area contributed by atoms with Gasteiger partial charge in [-0.3, -0.25) is 0 Å². The predicted molar refractivity (Wildman–Crippen MR) is 145 cm³/mol. The summed E-state index contributed by atoms with van der Waals surface area (Å²) < 4.78 is 5.76. The van der Waals surface area contributed by atoms with E-state index < -0.39 is 8.07 Å². The van der Waals surface area contributed by atoms with Gasteiger partial charge in [-0.05, 0) is 49.1 Å². The Hall–Kier alpha value is -1.25. The first-order chi connectivity index (χ1) is 15.8. The molecule has 1 unspecified atom stereocenters. The first-order valence-corrected chi connectivity index (χ1v) is 15.5.